The van der Waals surface area contributed by atoms with E-state index in [4.69, 9.17) is 38.4 Å². The van der Waals surface area contributed by atoms with E-state index in [0.29, 0.717) is 29.3 Å². The van der Waals surface area contributed by atoms with Crippen molar-refractivity contribution in [2.75, 3.05) is 13.2 Å². The van der Waals surface area contributed by atoms with Gasteiger partial charge in [0.1, 0.15) is 6.04 Å². The van der Waals surface area contributed by atoms with Gasteiger partial charge in [-0.05, 0) is 55.2 Å². The third kappa shape index (κ3) is 14.9. The van der Waals surface area contributed by atoms with E-state index in [1.165, 1.54) is 4.90 Å². The molecule has 2 aliphatic rings. The van der Waals surface area contributed by atoms with Crippen LogP contribution in [0.25, 0.3) is 0 Å². The maximum Gasteiger partial charge on any atom is 0.306 e. The number of rotatable bonds is 24. The molecule has 14 heteroatoms. The van der Waals surface area contributed by atoms with Crippen molar-refractivity contribution in [3.8, 4) is 0 Å². The minimum Gasteiger partial charge on any atom is -0.465 e. The second-order valence-electron chi connectivity index (χ2n) is 15.8. The van der Waals surface area contributed by atoms with E-state index in [9.17, 15) is 33.6 Å². The minimum absolute atomic E-state index is 0.0519. The molecular weight excluding hydrogens is 761 g/mol. The van der Waals surface area contributed by atoms with Crippen molar-refractivity contribution in [3.63, 3.8) is 0 Å². The van der Waals surface area contributed by atoms with Crippen LogP contribution in [0.2, 0.25) is 10.0 Å². The summed E-state index contributed by atoms with van der Waals surface area (Å²) in [6, 6.07) is 3.32. The number of Topliss-reactive ketones (excluding diaryl/α,β-unsaturated/α-hetero) is 3. The topological polar surface area (TPSA) is 179 Å². The average molecular weight is 823 g/mol. The number of ketones is 3. The SMILES string of the molecule is CCCCC(NC(=O)CCC(=O)C(=O)C(CCC)CC(=O)[C@@H]1C[C@@H](OCc2ccc(Cl)c(Cl)c2)CN1C(=O)C(CC(=O)OCC(C)C)C1CCCCC1)C(N)=O. The molecule has 1 saturated carbocycles. The van der Waals surface area contributed by atoms with Gasteiger partial charge < -0.3 is 25.4 Å². The van der Waals surface area contributed by atoms with Crippen molar-refractivity contribution in [2.45, 2.75) is 149 Å². The molecule has 56 heavy (non-hydrogen) atoms. The van der Waals surface area contributed by atoms with Gasteiger partial charge in [0.25, 0.3) is 0 Å². The fourth-order valence-corrected chi connectivity index (χ4v) is 7.93. The highest BCUT2D eigenvalue weighted by Crippen LogP contribution is 2.36. The molecule has 0 radical (unpaired) electrons. The molecule has 1 heterocycles. The summed E-state index contributed by atoms with van der Waals surface area (Å²) in [6.07, 6.45) is 5.69. The molecule has 0 bridgehead atoms. The number of benzene rings is 1. The predicted octanol–water partition coefficient (Wildman–Crippen LogP) is 6.72. The molecule has 0 spiro atoms. The van der Waals surface area contributed by atoms with E-state index in [0.717, 1.165) is 44.1 Å². The number of ether oxygens (including phenoxy) is 2. The molecule has 1 aliphatic heterocycles. The first-order valence-electron chi connectivity index (χ1n) is 20.3. The lowest BCUT2D eigenvalue weighted by Crippen LogP contribution is -2.47. The molecule has 3 rings (SSSR count). The summed E-state index contributed by atoms with van der Waals surface area (Å²) in [7, 11) is 0. The molecule has 0 aromatic heterocycles. The quantitative estimate of drug-likeness (QED) is 0.0846. The Morgan fingerprint density at radius 2 is 1.64 bits per heavy atom. The Hall–Kier alpha value is -3.35. The van der Waals surface area contributed by atoms with Crippen LogP contribution in [0.15, 0.2) is 18.2 Å². The zero-order valence-electron chi connectivity index (χ0n) is 33.5. The number of unbranched alkanes of at least 4 members (excludes halogenated alkanes) is 1. The van der Waals surface area contributed by atoms with E-state index in [-0.39, 0.29) is 81.8 Å². The van der Waals surface area contributed by atoms with Crippen LogP contribution in [-0.2, 0) is 49.6 Å². The Morgan fingerprint density at radius 3 is 2.27 bits per heavy atom. The second-order valence-corrected chi connectivity index (χ2v) is 16.6. The van der Waals surface area contributed by atoms with E-state index in [2.05, 4.69) is 5.32 Å². The van der Waals surface area contributed by atoms with Crippen molar-refractivity contribution < 1.29 is 43.0 Å². The number of nitrogens with two attached hydrogens (primary N) is 1. The molecule has 2 fully saturated rings. The minimum atomic E-state index is -0.945. The number of amides is 3. The Kier molecular flexibility index (Phi) is 20.0. The van der Waals surface area contributed by atoms with Gasteiger partial charge in [-0.3, -0.25) is 33.6 Å². The maximum atomic E-state index is 14.6. The number of hydrogen-bond acceptors (Lipinski definition) is 9. The molecule has 1 saturated heterocycles. The van der Waals surface area contributed by atoms with E-state index in [1.807, 2.05) is 27.7 Å². The van der Waals surface area contributed by atoms with Gasteiger partial charge in [-0.15, -0.1) is 0 Å². The Labute approximate surface area is 341 Å². The molecule has 3 amide bonds. The van der Waals surface area contributed by atoms with Crippen LogP contribution in [-0.4, -0.2) is 77.3 Å². The van der Waals surface area contributed by atoms with Crippen molar-refractivity contribution >= 4 is 64.2 Å². The maximum absolute atomic E-state index is 14.6. The first-order valence-corrected chi connectivity index (χ1v) is 21.1. The second kappa shape index (κ2) is 23.8. The van der Waals surface area contributed by atoms with Gasteiger partial charge >= 0.3 is 5.97 Å². The van der Waals surface area contributed by atoms with Gasteiger partial charge in [-0.1, -0.05) is 95.5 Å². The van der Waals surface area contributed by atoms with E-state index < -0.39 is 59.4 Å². The fraction of sp³-hybridized carbons (Fsp3) is 0.690. The Morgan fingerprint density at radius 1 is 0.929 bits per heavy atom. The molecule has 3 unspecified atom stereocenters. The van der Waals surface area contributed by atoms with Gasteiger partial charge in [-0.2, -0.15) is 0 Å². The lowest BCUT2D eigenvalue weighted by atomic mass is 9.77. The number of primary amides is 1. The van der Waals surface area contributed by atoms with Crippen molar-refractivity contribution in [1.82, 2.24) is 10.2 Å². The van der Waals surface area contributed by atoms with Gasteiger partial charge in [-0.25, -0.2) is 0 Å². The summed E-state index contributed by atoms with van der Waals surface area (Å²) in [4.78, 5) is 94.5. The summed E-state index contributed by atoms with van der Waals surface area (Å²) >= 11 is 12.3. The monoisotopic (exact) mass is 821 g/mol. The fourth-order valence-electron chi connectivity index (χ4n) is 7.61. The Balaban J connectivity index is 1.80. The van der Waals surface area contributed by atoms with Crippen LogP contribution in [0.1, 0.15) is 130 Å². The Bertz CT molecular complexity index is 1530. The zero-order valence-corrected chi connectivity index (χ0v) is 35.0. The van der Waals surface area contributed by atoms with Gasteiger partial charge in [0, 0.05) is 38.1 Å². The molecule has 5 atom stereocenters. The number of likely N-dealkylation sites (tertiary alicyclic amines) is 1. The third-order valence-corrected chi connectivity index (χ3v) is 11.5. The van der Waals surface area contributed by atoms with Crippen LogP contribution in [0.5, 0.6) is 0 Å². The number of nitrogens with one attached hydrogen (secondary N) is 1. The van der Waals surface area contributed by atoms with Crippen LogP contribution in [0, 0.1) is 23.7 Å². The molecule has 1 aromatic carbocycles. The summed E-state index contributed by atoms with van der Waals surface area (Å²) in [5.41, 5.74) is 6.18. The average Bonchev–Trinajstić information content (AvgIpc) is 3.61. The lowest BCUT2D eigenvalue weighted by molar-refractivity contribution is -0.152. The molecule has 1 aromatic rings. The predicted molar refractivity (Wildman–Crippen MR) is 214 cm³/mol. The number of nitrogens with zero attached hydrogens (tertiary/aromatic N) is 1. The number of halogens is 2. The van der Waals surface area contributed by atoms with E-state index in [1.54, 1.807) is 18.2 Å². The largest absolute Gasteiger partial charge is 0.465 e. The molecule has 3 N–H and O–H groups in total. The normalized spacial score (nSPS) is 18.9. The number of esters is 1. The highest BCUT2D eigenvalue weighted by Gasteiger charge is 2.45. The summed E-state index contributed by atoms with van der Waals surface area (Å²) in [5, 5.41) is 3.32. The first-order chi connectivity index (χ1) is 26.6. The van der Waals surface area contributed by atoms with Crippen LogP contribution in [0.3, 0.4) is 0 Å². The smallest absolute Gasteiger partial charge is 0.306 e. The van der Waals surface area contributed by atoms with Crippen molar-refractivity contribution in [2.24, 2.45) is 29.4 Å². The zero-order chi connectivity index (χ0) is 41.4. The van der Waals surface area contributed by atoms with Crippen LogP contribution in [0.4, 0.5) is 0 Å². The highest BCUT2D eigenvalue weighted by atomic mass is 35.5. The number of hydrogen-bond donors (Lipinski definition) is 2. The molecule has 12 nitrogen and oxygen atoms in total. The van der Waals surface area contributed by atoms with E-state index >= 15 is 0 Å². The first kappa shape index (κ1) is 47.0. The van der Waals surface area contributed by atoms with Crippen LogP contribution < -0.4 is 11.1 Å². The molecule has 312 valence electrons. The number of carbonyl (C=O) groups is 7. The van der Waals surface area contributed by atoms with Crippen molar-refractivity contribution in [1.29, 1.82) is 0 Å². The van der Waals surface area contributed by atoms with Gasteiger partial charge in [0.05, 0.1) is 47.7 Å². The summed E-state index contributed by atoms with van der Waals surface area (Å²) < 4.78 is 11.8. The standard InChI is InChI=1S/C42H61Cl2N3O9/c1-5-7-14-34(41(45)53)46-38(50)18-17-36(48)40(52)29(11-6-2)20-37(49)35-21-30(55-25-27-15-16-32(43)33(44)19-27)23-47(35)42(54)31(28-12-9-8-10-13-28)22-39(51)56-24-26(3)4/h15-16,19,26,28-31,34-35H,5-14,17-18,20-25H2,1-4H3,(H2,45,53)(H,46,50)/t29?,30-,31?,34?,35+/m1/s1. The van der Waals surface area contributed by atoms with Gasteiger partial charge in [0.2, 0.25) is 23.5 Å². The van der Waals surface area contributed by atoms with Crippen molar-refractivity contribution in [3.05, 3.63) is 33.8 Å². The summed E-state index contributed by atoms with van der Waals surface area (Å²) in [6.45, 7) is 8.15. The molecular formula is C42H61Cl2N3O9. The van der Waals surface area contributed by atoms with Gasteiger partial charge in [0.15, 0.2) is 11.6 Å². The summed E-state index contributed by atoms with van der Waals surface area (Å²) in [5.74, 6) is -5.47. The molecule has 1 aliphatic carbocycles. The van der Waals surface area contributed by atoms with Crippen LogP contribution >= 0.6 is 23.2 Å². The number of carbonyl (C=O) groups excluding carboxylic acids is 7. The third-order valence-electron chi connectivity index (χ3n) is 10.7. The lowest BCUT2D eigenvalue weighted by Gasteiger charge is -2.34. The highest BCUT2D eigenvalue weighted by molar-refractivity contribution is 6.42.